The third-order valence-corrected chi connectivity index (χ3v) is 5.00. The summed E-state index contributed by atoms with van der Waals surface area (Å²) in [5, 5.41) is 11.4. The van der Waals surface area contributed by atoms with Crippen LogP contribution in [0.5, 0.6) is 0 Å². The minimum Gasteiger partial charge on any atom is -0.356 e. The lowest BCUT2D eigenvalue weighted by molar-refractivity contribution is 0.368. The number of hydrogen-bond acceptors (Lipinski definition) is 5. The van der Waals surface area contributed by atoms with E-state index in [0.29, 0.717) is 5.92 Å². The summed E-state index contributed by atoms with van der Waals surface area (Å²) in [6, 6.07) is 0. The third kappa shape index (κ3) is 5.51. The Labute approximate surface area is 136 Å². The molecule has 1 aliphatic rings. The highest BCUT2D eigenvalue weighted by Gasteiger charge is 2.15. The van der Waals surface area contributed by atoms with Crippen LogP contribution < -0.4 is 10.6 Å². The van der Waals surface area contributed by atoms with Gasteiger partial charge in [-0.25, -0.2) is 0 Å². The lowest BCUT2D eigenvalue weighted by Gasteiger charge is -2.14. The molecule has 0 amide bonds. The van der Waals surface area contributed by atoms with Crippen molar-refractivity contribution in [3.8, 4) is 0 Å². The van der Waals surface area contributed by atoms with E-state index < -0.39 is 0 Å². The van der Waals surface area contributed by atoms with E-state index in [-0.39, 0.29) is 0 Å². The van der Waals surface area contributed by atoms with Crippen LogP contribution in [0.1, 0.15) is 50.7 Å². The van der Waals surface area contributed by atoms with E-state index in [0.717, 1.165) is 48.9 Å². The molecule has 1 unspecified atom stereocenters. The van der Waals surface area contributed by atoms with Gasteiger partial charge in [0.1, 0.15) is 0 Å². The number of nitrogens with one attached hydrogen (secondary N) is 2. The molecule has 0 aromatic carbocycles. The van der Waals surface area contributed by atoms with Gasteiger partial charge in [0, 0.05) is 37.7 Å². The Kier molecular flexibility index (Phi) is 7.02. The summed E-state index contributed by atoms with van der Waals surface area (Å²) in [5.74, 6) is 3.99. The van der Waals surface area contributed by atoms with Gasteiger partial charge < -0.3 is 15.2 Å². The number of guanidine groups is 1. The van der Waals surface area contributed by atoms with E-state index in [9.17, 15) is 0 Å². The molecule has 1 aromatic heterocycles. The van der Waals surface area contributed by atoms with Crippen LogP contribution in [-0.2, 0) is 6.42 Å². The fraction of sp³-hybridized carbons (Fsp3) is 0.800. The number of aliphatic imine (C=N–C) groups is 1. The van der Waals surface area contributed by atoms with E-state index in [4.69, 9.17) is 4.52 Å². The lowest BCUT2D eigenvalue weighted by atomic mass is 10.2. The molecule has 2 N–H and O–H groups in total. The lowest BCUT2D eigenvalue weighted by Crippen LogP contribution is -2.40. The number of hydrogen-bond donors (Lipinski definition) is 2. The molecule has 0 bridgehead atoms. The molecule has 124 valence electrons. The first kappa shape index (κ1) is 17.1. The molecule has 1 fully saturated rings. The van der Waals surface area contributed by atoms with Crippen molar-refractivity contribution < 1.29 is 4.52 Å². The molecule has 1 aromatic rings. The van der Waals surface area contributed by atoms with E-state index in [1.54, 1.807) is 0 Å². The number of rotatable bonds is 7. The monoisotopic (exact) mass is 325 g/mol. The van der Waals surface area contributed by atoms with Crippen molar-refractivity contribution in [3.63, 3.8) is 0 Å². The van der Waals surface area contributed by atoms with Crippen molar-refractivity contribution in [2.75, 3.05) is 25.9 Å². The van der Waals surface area contributed by atoms with Gasteiger partial charge in [-0.3, -0.25) is 4.99 Å². The van der Waals surface area contributed by atoms with Crippen LogP contribution in [0.4, 0.5) is 0 Å². The summed E-state index contributed by atoms with van der Waals surface area (Å²) >= 11 is 2.05. The summed E-state index contributed by atoms with van der Waals surface area (Å²) in [6.45, 7) is 5.96. The summed E-state index contributed by atoms with van der Waals surface area (Å²) < 4.78 is 5.24. The fourth-order valence-corrected chi connectivity index (χ4v) is 3.49. The maximum absolute atomic E-state index is 5.24. The van der Waals surface area contributed by atoms with E-state index >= 15 is 0 Å². The molecule has 22 heavy (non-hydrogen) atoms. The first-order chi connectivity index (χ1) is 10.7. The fourth-order valence-electron chi connectivity index (χ4n) is 2.29. The highest BCUT2D eigenvalue weighted by molar-refractivity contribution is 8.00. The van der Waals surface area contributed by atoms with Gasteiger partial charge in [0.15, 0.2) is 11.8 Å². The molecule has 0 radical (unpaired) electrons. The van der Waals surface area contributed by atoms with Crippen LogP contribution in [-0.4, -0.2) is 47.2 Å². The van der Waals surface area contributed by atoms with Crippen LogP contribution in [0.2, 0.25) is 0 Å². The van der Waals surface area contributed by atoms with Crippen LogP contribution in [0.15, 0.2) is 9.52 Å². The normalized spacial score (nSPS) is 18.9. The second-order valence-corrected chi connectivity index (χ2v) is 7.23. The maximum atomic E-state index is 5.24. The molecular weight excluding hydrogens is 298 g/mol. The summed E-state index contributed by atoms with van der Waals surface area (Å²) in [5.41, 5.74) is 0. The molecule has 2 heterocycles. The molecule has 0 saturated carbocycles. The average Bonchev–Trinajstić information content (AvgIpc) is 3.18. The Hall–Kier alpha value is -1.24. The molecule has 0 aliphatic carbocycles. The van der Waals surface area contributed by atoms with Crippen LogP contribution in [0, 0.1) is 0 Å². The van der Waals surface area contributed by atoms with Gasteiger partial charge in [0.25, 0.3) is 0 Å². The molecular formula is C15H27N5OS. The minimum atomic E-state index is 0.312. The van der Waals surface area contributed by atoms with Crippen molar-refractivity contribution in [1.82, 2.24) is 20.8 Å². The predicted octanol–water partition coefficient (Wildman–Crippen LogP) is 2.19. The standard InChI is InChI=1S/C15H27N5OS/c1-11(2)14-19-13(21-20-14)7-4-8-17-15(16-3)18-10-12-6-5-9-22-12/h11-12H,4-10H2,1-3H3,(H2,16,17,18). The Morgan fingerprint density at radius 3 is 2.95 bits per heavy atom. The van der Waals surface area contributed by atoms with Gasteiger partial charge in [0.2, 0.25) is 5.89 Å². The molecule has 6 nitrogen and oxygen atoms in total. The first-order valence-corrected chi connectivity index (χ1v) is 9.12. The minimum absolute atomic E-state index is 0.312. The summed E-state index contributed by atoms with van der Waals surface area (Å²) in [7, 11) is 1.81. The van der Waals surface area contributed by atoms with Gasteiger partial charge in [-0.15, -0.1) is 0 Å². The molecule has 0 spiro atoms. The number of aromatic nitrogens is 2. The Balaban J connectivity index is 1.61. The zero-order chi connectivity index (χ0) is 15.8. The highest BCUT2D eigenvalue weighted by atomic mass is 32.2. The van der Waals surface area contributed by atoms with Crippen molar-refractivity contribution in [2.45, 2.75) is 50.7 Å². The zero-order valence-corrected chi connectivity index (χ0v) is 14.6. The second kappa shape index (κ2) is 9.02. The van der Waals surface area contributed by atoms with E-state index in [1.807, 2.05) is 7.05 Å². The quantitative estimate of drug-likeness (QED) is 0.455. The van der Waals surface area contributed by atoms with Gasteiger partial charge >= 0.3 is 0 Å². The molecule has 1 atom stereocenters. The van der Waals surface area contributed by atoms with Gasteiger partial charge in [-0.2, -0.15) is 16.7 Å². The predicted molar refractivity (Wildman–Crippen MR) is 91.6 cm³/mol. The number of thioether (sulfide) groups is 1. The van der Waals surface area contributed by atoms with E-state index in [1.165, 1.54) is 18.6 Å². The Morgan fingerprint density at radius 2 is 2.32 bits per heavy atom. The molecule has 1 aliphatic heterocycles. The topological polar surface area (TPSA) is 75.3 Å². The third-order valence-electron chi connectivity index (χ3n) is 3.60. The molecule has 7 heteroatoms. The first-order valence-electron chi connectivity index (χ1n) is 8.07. The SMILES string of the molecule is CN=C(NCCCc1nc(C(C)C)no1)NCC1CCCS1. The Morgan fingerprint density at radius 1 is 1.45 bits per heavy atom. The van der Waals surface area contributed by atoms with Crippen LogP contribution >= 0.6 is 11.8 Å². The van der Waals surface area contributed by atoms with Crippen LogP contribution in [0.3, 0.4) is 0 Å². The van der Waals surface area contributed by atoms with Gasteiger partial charge in [0.05, 0.1) is 0 Å². The number of nitrogens with zero attached hydrogens (tertiary/aromatic N) is 3. The summed E-state index contributed by atoms with van der Waals surface area (Å²) in [6.07, 6.45) is 4.39. The van der Waals surface area contributed by atoms with Crippen LogP contribution in [0.25, 0.3) is 0 Å². The van der Waals surface area contributed by atoms with Gasteiger partial charge in [-0.1, -0.05) is 19.0 Å². The van der Waals surface area contributed by atoms with Crippen molar-refractivity contribution >= 4 is 17.7 Å². The molecule has 1 saturated heterocycles. The smallest absolute Gasteiger partial charge is 0.226 e. The highest BCUT2D eigenvalue weighted by Crippen LogP contribution is 2.25. The van der Waals surface area contributed by atoms with Gasteiger partial charge in [-0.05, 0) is 25.0 Å². The van der Waals surface area contributed by atoms with E-state index in [2.05, 4.69) is 51.4 Å². The second-order valence-electron chi connectivity index (χ2n) is 5.82. The Bertz CT molecular complexity index is 468. The van der Waals surface area contributed by atoms with Crippen molar-refractivity contribution in [1.29, 1.82) is 0 Å². The zero-order valence-electron chi connectivity index (χ0n) is 13.8. The van der Waals surface area contributed by atoms with Crippen molar-refractivity contribution in [2.24, 2.45) is 4.99 Å². The largest absolute Gasteiger partial charge is 0.356 e. The summed E-state index contributed by atoms with van der Waals surface area (Å²) in [4.78, 5) is 8.64. The average molecular weight is 325 g/mol. The van der Waals surface area contributed by atoms with Crippen molar-refractivity contribution in [3.05, 3.63) is 11.7 Å². The molecule has 2 rings (SSSR count). The number of aryl methyl sites for hydroxylation is 1. The maximum Gasteiger partial charge on any atom is 0.226 e.